The molecule has 29 heavy (non-hydrogen) atoms. The van der Waals surface area contributed by atoms with Gasteiger partial charge in [-0.1, -0.05) is 58.4 Å². The summed E-state index contributed by atoms with van der Waals surface area (Å²) in [6.07, 6.45) is 1.42. The van der Waals surface area contributed by atoms with Gasteiger partial charge in [0, 0.05) is 22.5 Å². The Morgan fingerprint density at radius 3 is 2.76 bits per heavy atom. The Hall–Kier alpha value is -3.19. The minimum absolute atomic E-state index is 0.217. The number of hydrogen-bond donors (Lipinski definition) is 2. The highest BCUT2D eigenvalue weighted by molar-refractivity contribution is 9.10. The first-order chi connectivity index (χ1) is 14.1. The molecule has 0 radical (unpaired) electrons. The summed E-state index contributed by atoms with van der Waals surface area (Å²) in [4.78, 5) is 24.7. The Kier molecular flexibility index (Phi) is 5.57. The molecule has 1 aliphatic heterocycles. The van der Waals surface area contributed by atoms with Gasteiger partial charge in [0.25, 0.3) is 5.91 Å². The van der Waals surface area contributed by atoms with E-state index in [2.05, 4.69) is 31.8 Å². The van der Waals surface area contributed by atoms with Crippen LogP contribution in [0.25, 0.3) is 11.3 Å². The van der Waals surface area contributed by atoms with Gasteiger partial charge in [0.2, 0.25) is 5.91 Å². The number of carbonyl (C=O) groups is 2. The molecule has 0 unspecified atom stereocenters. The summed E-state index contributed by atoms with van der Waals surface area (Å²) < 4.78 is 6.70. The molecule has 2 atom stereocenters. The lowest BCUT2D eigenvalue weighted by Crippen LogP contribution is -2.34. The van der Waals surface area contributed by atoms with Gasteiger partial charge >= 0.3 is 0 Å². The lowest BCUT2D eigenvalue weighted by Gasteiger charge is -2.15. The fraction of sp³-hybridized carbons (Fsp3) is 0.136. The summed E-state index contributed by atoms with van der Waals surface area (Å²) in [6, 6.07) is 20.9. The Bertz CT molecular complexity index is 1060. The number of amides is 2. The fourth-order valence-electron chi connectivity index (χ4n) is 3.38. The molecule has 0 bridgehead atoms. The van der Waals surface area contributed by atoms with E-state index >= 15 is 0 Å². The van der Waals surface area contributed by atoms with Crippen molar-refractivity contribution >= 4 is 34.0 Å². The van der Waals surface area contributed by atoms with Crippen molar-refractivity contribution in [3.63, 3.8) is 0 Å². The summed E-state index contributed by atoms with van der Waals surface area (Å²) in [5, 5.41) is 6.72. The highest BCUT2D eigenvalue weighted by Gasteiger charge is 2.40. The van der Waals surface area contributed by atoms with Gasteiger partial charge in [-0.05, 0) is 29.8 Å². The van der Waals surface area contributed by atoms with Crippen LogP contribution in [0.15, 0.2) is 80.7 Å². The molecule has 2 amide bonds. The van der Waals surface area contributed by atoms with Crippen molar-refractivity contribution in [3.05, 3.63) is 82.5 Å². The summed E-state index contributed by atoms with van der Waals surface area (Å²) in [7, 11) is 0. The van der Waals surface area contributed by atoms with E-state index in [1.807, 2.05) is 60.7 Å². The molecular weight excluding hydrogens is 434 g/mol. The lowest BCUT2D eigenvalue weighted by atomic mass is 9.88. The number of nitrogens with one attached hydrogen (secondary N) is 2. The van der Waals surface area contributed by atoms with Gasteiger partial charge in [-0.15, -0.1) is 0 Å². The van der Waals surface area contributed by atoms with Gasteiger partial charge in [0.1, 0.15) is 17.4 Å². The van der Waals surface area contributed by atoms with Crippen molar-refractivity contribution in [1.29, 1.82) is 0 Å². The first kappa shape index (κ1) is 19.1. The quantitative estimate of drug-likeness (QED) is 0.352. The second-order valence-corrected chi connectivity index (χ2v) is 7.60. The third-order valence-electron chi connectivity index (χ3n) is 4.79. The molecule has 0 aliphatic carbocycles. The Morgan fingerprint density at radius 1 is 1.14 bits per heavy atom. The van der Waals surface area contributed by atoms with Crippen LogP contribution >= 0.6 is 15.9 Å². The molecule has 1 saturated heterocycles. The second kappa shape index (κ2) is 8.45. The molecule has 1 aliphatic rings. The van der Waals surface area contributed by atoms with Gasteiger partial charge in [0.05, 0.1) is 6.21 Å². The van der Waals surface area contributed by atoms with Crippen LogP contribution < -0.4 is 10.7 Å². The van der Waals surface area contributed by atoms with Crippen LogP contribution in [0.1, 0.15) is 17.2 Å². The molecule has 146 valence electrons. The van der Waals surface area contributed by atoms with Gasteiger partial charge < -0.3 is 9.73 Å². The number of nitrogens with zero attached hydrogens (tertiary/aromatic N) is 1. The maximum Gasteiger partial charge on any atom is 0.253 e. The number of furan rings is 1. The number of carbonyl (C=O) groups excluding carboxylic acids is 2. The normalized spacial score (nSPS) is 18.7. The maximum atomic E-state index is 12.6. The molecule has 7 heteroatoms. The van der Waals surface area contributed by atoms with Crippen molar-refractivity contribution in [2.24, 2.45) is 11.0 Å². The van der Waals surface area contributed by atoms with Crippen LogP contribution in [-0.4, -0.2) is 24.6 Å². The predicted octanol–water partition coefficient (Wildman–Crippen LogP) is 3.69. The standard InChI is InChI=1S/C22H18BrN3O3/c23-16-8-4-7-15(11-16)19-10-9-17(29-19)12-25-26-22(28)20-18(13-24-21(20)27)14-5-2-1-3-6-14/h1-12,18,20H,13H2,(H,24,27)(H,26,28)/b25-12+/t18-,20+/m1/s1. The van der Waals surface area contributed by atoms with Crippen LogP contribution in [0.5, 0.6) is 0 Å². The topological polar surface area (TPSA) is 83.7 Å². The van der Waals surface area contributed by atoms with Gasteiger partial charge in [-0.3, -0.25) is 9.59 Å². The van der Waals surface area contributed by atoms with E-state index in [1.54, 1.807) is 6.07 Å². The Morgan fingerprint density at radius 2 is 1.97 bits per heavy atom. The van der Waals surface area contributed by atoms with E-state index in [1.165, 1.54) is 6.21 Å². The van der Waals surface area contributed by atoms with E-state index in [-0.39, 0.29) is 11.8 Å². The summed E-state index contributed by atoms with van der Waals surface area (Å²) in [5.74, 6) is -0.575. The summed E-state index contributed by atoms with van der Waals surface area (Å²) >= 11 is 3.43. The average molecular weight is 452 g/mol. The minimum Gasteiger partial charge on any atom is -0.455 e. The highest BCUT2D eigenvalue weighted by atomic mass is 79.9. The smallest absolute Gasteiger partial charge is 0.253 e. The molecule has 0 saturated carbocycles. The number of hydrazone groups is 1. The van der Waals surface area contributed by atoms with E-state index < -0.39 is 11.8 Å². The monoisotopic (exact) mass is 451 g/mol. The molecular formula is C22H18BrN3O3. The zero-order valence-electron chi connectivity index (χ0n) is 15.3. The lowest BCUT2D eigenvalue weighted by molar-refractivity contribution is -0.133. The third-order valence-corrected chi connectivity index (χ3v) is 5.29. The minimum atomic E-state index is -0.816. The molecule has 2 N–H and O–H groups in total. The SMILES string of the molecule is O=C1NC[C@H](c2ccccc2)[C@@H]1C(=O)N/N=C/c1ccc(-c2cccc(Br)c2)o1. The van der Waals surface area contributed by atoms with Crippen LogP contribution in [0.2, 0.25) is 0 Å². The van der Waals surface area contributed by atoms with Crippen LogP contribution in [0.4, 0.5) is 0 Å². The predicted molar refractivity (Wildman–Crippen MR) is 113 cm³/mol. The van der Waals surface area contributed by atoms with Crippen molar-refractivity contribution in [2.45, 2.75) is 5.92 Å². The first-order valence-corrected chi connectivity index (χ1v) is 9.92. The number of halogens is 1. The molecule has 2 heterocycles. The third kappa shape index (κ3) is 4.30. The molecule has 4 rings (SSSR count). The van der Waals surface area contributed by atoms with Crippen LogP contribution in [0.3, 0.4) is 0 Å². The zero-order chi connectivity index (χ0) is 20.2. The fourth-order valence-corrected chi connectivity index (χ4v) is 3.78. The summed E-state index contributed by atoms with van der Waals surface area (Å²) in [5.41, 5.74) is 4.33. The molecule has 1 aromatic heterocycles. The first-order valence-electron chi connectivity index (χ1n) is 9.13. The van der Waals surface area contributed by atoms with E-state index in [0.717, 1.165) is 15.6 Å². The van der Waals surface area contributed by atoms with Gasteiger partial charge in [-0.2, -0.15) is 5.10 Å². The molecule has 3 aromatic rings. The summed E-state index contributed by atoms with van der Waals surface area (Å²) in [6.45, 7) is 0.429. The maximum absolute atomic E-state index is 12.6. The highest BCUT2D eigenvalue weighted by Crippen LogP contribution is 2.29. The van der Waals surface area contributed by atoms with E-state index in [9.17, 15) is 9.59 Å². The van der Waals surface area contributed by atoms with Gasteiger partial charge in [0.15, 0.2) is 0 Å². The number of benzene rings is 2. The largest absolute Gasteiger partial charge is 0.455 e. The van der Waals surface area contributed by atoms with Crippen molar-refractivity contribution in [3.8, 4) is 11.3 Å². The zero-order valence-corrected chi connectivity index (χ0v) is 16.9. The molecule has 1 fully saturated rings. The van der Waals surface area contributed by atoms with Crippen molar-refractivity contribution in [2.75, 3.05) is 6.54 Å². The number of rotatable bonds is 5. The number of hydrogen-bond acceptors (Lipinski definition) is 4. The van der Waals surface area contributed by atoms with Crippen molar-refractivity contribution < 1.29 is 14.0 Å². The second-order valence-electron chi connectivity index (χ2n) is 6.69. The van der Waals surface area contributed by atoms with Crippen molar-refractivity contribution in [1.82, 2.24) is 10.7 Å². The van der Waals surface area contributed by atoms with Crippen LogP contribution in [0, 0.1) is 5.92 Å². The Balaban J connectivity index is 1.43. The van der Waals surface area contributed by atoms with E-state index in [0.29, 0.717) is 18.1 Å². The van der Waals surface area contributed by atoms with Gasteiger partial charge in [-0.25, -0.2) is 5.43 Å². The molecule has 0 spiro atoms. The Labute approximate surface area is 176 Å². The van der Waals surface area contributed by atoms with E-state index in [4.69, 9.17) is 4.42 Å². The van der Waals surface area contributed by atoms with Crippen LogP contribution in [-0.2, 0) is 9.59 Å². The molecule has 2 aromatic carbocycles. The average Bonchev–Trinajstić information content (AvgIpc) is 3.35. The molecule has 6 nitrogen and oxygen atoms in total.